The van der Waals surface area contributed by atoms with Gasteiger partial charge in [0.2, 0.25) is 5.88 Å². The predicted molar refractivity (Wildman–Crippen MR) is 69.9 cm³/mol. The van der Waals surface area contributed by atoms with E-state index < -0.39 is 11.6 Å². The van der Waals surface area contributed by atoms with E-state index in [1.807, 2.05) is 0 Å². The van der Waals surface area contributed by atoms with Crippen LogP contribution in [0.5, 0.6) is 11.6 Å². The monoisotopic (exact) mass is 279 g/mol. The molecule has 0 radical (unpaired) electrons. The van der Waals surface area contributed by atoms with Crippen molar-refractivity contribution in [2.45, 2.75) is 24.2 Å². The molecule has 19 heavy (non-hydrogen) atoms. The summed E-state index contributed by atoms with van der Waals surface area (Å²) in [6, 6.07) is 3.09. The zero-order valence-electron chi connectivity index (χ0n) is 9.99. The Kier molecular flexibility index (Phi) is 3.14. The van der Waals surface area contributed by atoms with Crippen molar-refractivity contribution in [3.8, 4) is 11.6 Å². The molecule has 0 amide bonds. The number of nitrogens with zero attached hydrogens (tertiary/aromatic N) is 1. The van der Waals surface area contributed by atoms with Crippen LogP contribution >= 0.6 is 12.6 Å². The van der Waals surface area contributed by atoms with E-state index in [1.165, 1.54) is 0 Å². The van der Waals surface area contributed by atoms with E-state index >= 15 is 0 Å². The number of hydrogen-bond donors (Lipinski definition) is 1. The Balaban J connectivity index is 1.98. The molecule has 0 unspecified atom stereocenters. The Morgan fingerprint density at radius 1 is 1.05 bits per heavy atom. The van der Waals surface area contributed by atoms with Crippen LogP contribution < -0.4 is 4.74 Å². The Hall–Kier alpha value is -1.62. The van der Waals surface area contributed by atoms with Crippen LogP contribution in [0.4, 0.5) is 8.78 Å². The Labute approximate surface area is 114 Å². The summed E-state index contributed by atoms with van der Waals surface area (Å²) in [4.78, 5) is 5.00. The molecular weight excluding hydrogens is 268 g/mol. The van der Waals surface area contributed by atoms with E-state index in [-0.39, 0.29) is 5.75 Å². The number of ether oxygens (including phenoxy) is 1. The molecule has 1 aliphatic rings. The number of rotatable bonds is 2. The number of benzene rings is 1. The first-order valence-electron chi connectivity index (χ1n) is 5.97. The summed E-state index contributed by atoms with van der Waals surface area (Å²) in [6.45, 7) is 0. The summed E-state index contributed by atoms with van der Waals surface area (Å²) in [6.07, 6.45) is 4.41. The standard InChI is InChI=1S/C14H11F2NOS/c15-8-4-9(16)6-10(5-8)18-14-12-3-1-2-11(12)13(19)7-17-14/h4-7,19H,1-3H2. The average molecular weight is 279 g/mol. The lowest BCUT2D eigenvalue weighted by atomic mass is 10.2. The SMILES string of the molecule is Fc1cc(F)cc(Oc2ncc(S)c3c2CCC3)c1. The number of fused-ring (bicyclic) bond motifs is 1. The second kappa shape index (κ2) is 4.81. The first kappa shape index (κ1) is 12.4. The van der Waals surface area contributed by atoms with Crippen LogP contribution in [0.15, 0.2) is 29.3 Å². The molecule has 98 valence electrons. The van der Waals surface area contributed by atoms with E-state index in [2.05, 4.69) is 17.6 Å². The van der Waals surface area contributed by atoms with Crippen molar-refractivity contribution in [2.24, 2.45) is 0 Å². The van der Waals surface area contributed by atoms with Gasteiger partial charge in [-0.3, -0.25) is 0 Å². The topological polar surface area (TPSA) is 22.1 Å². The molecule has 1 aromatic carbocycles. The third-order valence-corrected chi connectivity index (χ3v) is 3.53. The Morgan fingerprint density at radius 2 is 1.74 bits per heavy atom. The second-order valence-electron chi connectivity index (χ2n) is 4.47. The van der Waals surface area contributed by atoms with Crippen molar-refractivity contribution in [3.63, 3.8) is 0 Å². The smallest absolute Gasteiger partial charge is 0.222 e. The van der Waals surface area contributed by atoms with Crippen LogP contribution in [0, 0.1) is 11.6 Å². The van der Waals surface area contributed by atoms with E-state index in [4.69, 9.17) is 4.74 Å². The lowest BCUT2D eigenvalue weighted by Crippen LogP contribution is -1.96. The van der Waals surface area contributed by atoms with Gasteiger partial charge in [0.05, 0.1) is 0 Å². The van der Waals surface area contributed by atoms with Crippen LogP contribution in [0.2, 0.25) is 0 Å². The van der Waals surface area contributed by atoms with Gasteiger partial charge in [-0.25, -0.2) is 13.8 Å². The summed E-state index contributed by atoms with van der Waals surface area (Å²) < 4.78 is 31.7. The van der Waals surface area contributed by atoms with Gasteiger partial charge < -0.3 is 4.74 Å². The summed E-state index contributed by atoms with van der Waals surface area (Å²) in [5.41, 5.74) is 2.10. The minimum Gasteiger partial charge on any atom is -0.439 e. The third-order valence-electron chi connectivity index (χ3n) is 3.14. The Morgan fingerprint density at radius 3 is 2.47 bits per heavy atom. The van der Waals surface area contributed by atoms with Crippen LogP contribution in [-0.4, -0.2) is 4.98 Å². The molecule has 1 aromatic heterocycles. The van der Waals surface area contributed by atoms with Gasteiger partial charge in [-0.2, -0.15) is 0 Å². The molecule has 0 atom stereocenters. The van der Waals surface area contributed by atoms with Gasteiger partial charge in [0.1, 0.15) is 17.4 Å². The van der Waals surface area contributed by atoms with Crippen LogP contribution in [0.1, 0.15) is 17.5 Å². The van der Waals surface area contributed by atoms with Gasteiger partial charge >= 0.3 is 0 Å². The highest BCUT2D eigenvalue weighted by molar-refractivity contribution is 7.80. The lowest BCUT2D eigenvalue weighted by Gasteiger charge is -2.10. The maximum atomic E-state index is 13.1. The molecule has 2 nitrogen and oxygen atoms in total. The highest BCUT2D eigenvalue weighted by atomic mass is 32.1. The quantitative estimate of drug-likeness (QED) is 0.841. The highest BCUT2D eigenvalue weighted by Gasteiger charge is 2.20. The normalized spacial score (nSPS) is 13.4. The zero-order valence-corrected chi connectivity index (χ0v) is 10.9. The fourth-order valence-electron chi connectivity index (χ4n) is 2.33. The minimum absolute atomic E-state index is 0.117. The number of pyridine rings is 1. The Bertz CT molecular complexity index is 625. The number of aromatic nitrogens is 1. The van der Waals surface area contributed by atoms with Gasteiger partial charge in [-0.1, -0.05) is 0 Å². The summed E-state index contributed by atoms with van der Waals surface area (Å²) in [7, 11) is 0. The van der Waals surface area contributed by atoms with Crippen molar-refractivity contribution in [1.82, 2.24) is 4.98 Å². The summed E-state index contributed by atoms with van der Waals surface area (Å²) >= 11 is 4.36. The molecule has 0 fully saturated rings. The highest BCUT2D eigenvalue weighted by Crippen LogP contribution is 2.35. The van der Waals surface area contributed by atoms with Crippen LogP contribution in [0.3, 0.4) is 0 Å². The first-order valence-corrected chi connectivity index (χ1v) is 6.42. The molecule has 3 rings (SSSR count). The molecule has 0 saturated carbocycles. The van der Waals surface area contributed by atoms with Crippen molar-refractivity contribution >= 4 is 12.6 Å². The zero-order chi connectivity index (χ0) is 13.4. The number of hydrogen-bond acceptors (Lipinski definition) is 3. The van der Waals surface area contributed by atoms with Crippen molar-refractivity contribution in [2.75, 3.05) is 0 Å². The van der Waals surface area contributed by atoms with E-state index in [9.17, 15) is 8.78 Å². The molecule has 0 saturated heterocycles. The van der Waals surface area contributed by atoms with Gasteiger partial charge in [0, 0.05) is 34.9 Å². The molecule has 5 heteroatoms. The summed E-state index contributed by atoms with van der Waals surface area (Å²) in [5, 5.41) is 0. The van der Waals surface area contributed by atoms with Crippen LogP contribution in [0.25, 0.3) is 0 Å². The third kappa shape index (κ3) is 2.42. The summed E-state index contributed by atoms with van der Waals surface area (Å²) in [5.74, 6) is -0.809. The molecule has 1 aliphatic carbocycles. The van der Waals surface area contributed by atoms with E-state index in [1.54, 1.807) is 6.20 Å². The first-order chi connectivity index (χ1) is 9.13. The van der Waals surface area contributed by atoms with E-state index in [0.717, 1.165) is 53.5 Å². The maximum Gasteiger partial charge on any atom is 0.222 e. The maximum absolute atomic E-state index is 13.1. The van der Waals surface area contributed by atoms with Gasteiger partial charge in [-0.15, -0.1) is 12.6 Å². The molecule has 0 bridgehead atoms. The molecular formula is C14H11F2NOS. The molecule has 2 aromatic rings. The van der Waals surface area contributed by atoms with E-state index in [0.29, 0.717) is 5.88 Å². The van der Waals surface area contributed by atoms with Crippen molar-refractivity contribution in [1.29, 1.82) is 0 Å². The van der Waals surface area contributed by atoms with Gasteiger partial charge in [0.25, 0.3) is 0 Å². The average Bonchev–Trinajstić information content (AvgIpc) is 2.81. The molecule has 0 spiro atoms. The minimum atomic E-state index is -0.669. The van der Waals surface area contributed by atoms with Crippen molar-refractivity contribution in [3.05, 3.63) is 47.2 Å². The molecule has 0 aliphatic heterocycles. The molecule has 1 heterocycles. The number of halogens is 2. The van der Waals surface area contributed by atoms with Crippen LogP contribution in [-0.2, 0) is 12.8 Å². The van der Waals surface area contributed by atoms with Crippen molar-refractivity contribution < 1.29 is 13.5 Å². The fraction of sp³-hybridized carbons (Fsp3) is 0.214. The number of thiol groups is 1. The van der Waals surface area contributed by atoms with Gasteiger partial charge in [0.15, 0.2) is 0 Å². The largest absolute Gasteiger partial charge is 0.439 e. The predicted octanol–water partition coefficient (Wildman–Crippen LogP) is 3.93. The van der Waals surface area contributed by atoms with Gasteiger partial charge in [-0.05, 0) is 24.8 Å². The fourth-order valence-corrected chi connectivity index (χ4v) is 2.63. The lowest BCUT2D eigenvalue weighted by molar-refractivity contribution is 0.445. The second-order valence-corrected chi connectivity index (χ2v) is 4.95. The molecule has 0 N–H and O–H groups in total.